The molecule has 0 bridgehead atoms. The van der Waals surface area contributed by atoms with Gasteiger partial charge in [0.05, 0.1) is 5.56 Å². The highest BCUT2D eigenvalue weighted by molar-refractivity contribution is 7.09. The van der Waals surface area contributed by atoms with Crippen LogP contribution in [0.5, 0.6) is 0 Å². The largest absolute Gasteiger partial charge is 0.478 e. The molecule has 0 saturated carbocycles. The second kappa shape index (κ2) is 5.64. The minimum Gasteiger partial charge on any atom is -0.478 e. The Bertz CT molecular complexity index is 508. The average molecular weight is 262 g/mol. The Kier molecular flexibility index (Phi) is 3.94. The number of hydrogen-bond acceptors (Lipinski definition) is 4. The van der Waals surface area contributed by atoms with Gasteiger partial charge >= 0.3 is 5.97 Å². The van der Waals surface area contributed by atoms with Crippen molar-refractivity contribution >= 4 is 23.1 Å². The van der Waals surface area contributed by atoms with Crippen molar-refractivity contribution in [1.29, 1.82) is 0 Å². The zero-order valence-corrected chi connectivity index (χ0v) is 10.9. The first-order chi connectivity index (χ1) is 8.66. The fourth-order valence-corrected chi connectivity index (χ4v) is 2.28. The molecule has 0 aliphatic carbocycles. The van der Waals surface area contributed by atoms with Crippen LogP contribution in [0.3, 0.4) is 0 Å². The van der Waals surface area contributed by atoms with Crippen molar-refractivity contribution in [3.8, 4) is 0 Å². The molecule has 0 fully saturated rings. The van der Waals surface area contributed by atoms with Gasteiger partial charge in [-0.3, -0.25) is 0 Å². The monoisotopic (exact) mass is 262 g/mol. The Morgan fingerprint density at radius 3 is 2.83 bits per heavy atom. The van der Waals surface area contributed by atoms with Crippen LogP contribution in [0.4, 0.5) is 5.82 Å². The highest BCUT2D eigenvalue weighted by Crippen LogP contribution is 2.13. The predicted octanol–water partition coefficient (Wildman–Crippen LogP) is 2.52. The molecule has 0 aliphatic heterocycles. The smallest absolute Gasteiger partial charge is 0.337 e. The predicted molar refractivity (Wildman–Crippen MR) is 72.5 cm³/mol. The van der Waals surface area contributed by atoms with Gasteiger partial charge in [-0.15, -0.1) is 11.3 Å². The first-order valence-electron chi connectivity index (χ1n) is 5.59. The third kappa shape index (κ3) is 3.07. The van der Waals surface area contributed by atoms with Crippen LogP contribution in [-0.2, 0) is 6.42 Å². The summed E-state index contributed by atoms with van der Waals surface area (Å²) in [5.41, 5.74) is 0.213. The average Bonchev–Trinajstić information content (AvgIpc) is 2.89. The zero-order valence-electron chi connectivity index (χ0n) is 10.0. The lowest BCUT2D eigenvalue weighted by Crippen LogP contribution is -2.21. The second-order valence-electron chi connectivity index (χ2n) is 3.96. The molecule has 0 atom stereocenters. The number of pyridine rings is 1. The normalized spacial score (nSPS) is 10.3. The molecule has 2 heterocycles. The number of carboxylic acid groups (broad SMARTS) is 1. The molecule has 0 aliphatic rings. The number of aromatic carboxylic acids is 1. The van der Waals surface area contributed by atoms with Gasteiger partial charge in [-0.2, -0.15) is 0 Å². The van der Waals surface area contributed by atoms with Gasteiger partial charge in [0.15, 0.2) is 0 Å². The minimum atomic E-state index is -0.949. The van der Waals surface area contributed by atoms with Crippen LogP contribution in [0.1, 0.15) is 15.2 Å². The standard InChI is InChI=1S/C13H14N2O2S/c1-15(7-6-11-3-2-8-18-11)12-5-4-10(9-14-12)13(16)17/h2-5,8-9H,6-7H2,1H3,(H,16,17). The maximum atomic E-state index is 10.7. The number of carboxylic acids is 1. The van der Waals surface area contributed by atoms with E-state index in [0.29, 0.717) is 0 Å². The Morgan fingerprint density at radius 1 is 1.44 bits per heavy atom. The van der Waals surface area contributed by atoms with Crippen LogP contribution >= 0.6 is 11.3 Å². The lowest BCUT2D eigenvalue weighted by atomic mass is 10.3. The number of thiophene rings is 1. The van der Waals surface area contributed by atoms with E-state index in [1.54, 1.807) is 23.5 Å². The van der Waals surface area contributed by atoms with Gasteiger partial charge in [-0.25, -0.2) is 9.78 Å². The number of rotatable bonds is 5. The van der Waals surface area contributed by atoms with Crippen LogP contribution in [-0.4, -0.2) is 29.7 Å². The molecule has 0 radical (unpaired) electrons. The van der Waals surface area contributed by atoms with E-state index in [1.807, 2.05) is 18.0 Å². The summed E-state index contributed by atoms with van der Waals surface area (Å²) in [6, 6.07) is 7.46. The van der Waals surface area contributed by atoms with Crippen LogP contribution in [0, 0.1) is 0 Å². The molecule has 0 spiro atoms. The van der Waals surface area contributed by atoms with Gasteiger partial charge in [0.2, 0.25) is 0 Å². The Labute approximate surface area is 110 Å². The third-order valence-electron chi connectivity index (χ3n) is 2.66. The highest BCUT2D eigenvalue weighted by atomic mass is 32.1. The van der Waals surface area contributed by atoms with Gasteiger partial charge in [-0.05, 0) is 30.0 Å². The number of likely N-dealkylation sites (N-methyl/N-ethyl adjacent to an activating group) is 1. The van der Waals surface area contributed by atoms with Crippen molar-refractivity contribution < 1.29 is 9.90 Å². The summed E-state index contributed by atoms with van der Waals surface area (Å²) in [6.07, 6.45) is 2.36. The molecule has 2 aromatic heterocycles. The van der Waals surface area contributed by atoms with Crippen LogP contribution in [0.25, 0.3) is 0 Å². The number of hydrogen-bond donors (Lipinski definition) is 1. The maximum Gasteiger partial charge on any atom is 0.337 e. The van der Waals surface area contributed by atoms with Crippen molar-refractivity contribution in [2.75, 3.05) is 18.5 Å². The molecule has 0 aromatic carbocycles. The molecule has 2 aromatic rings. The molecule has 2 rings (SSSR count). The second-order valence-corrected chi connectivity index (χ2v) is 4.99. The van der Waals surface area contributed by atoms with Gasteiger partial charge in [0.25, 0.3) is 0 Å². The third-order valence-corrected chi connectivity index (χ3v) is 3.60. The van der Waals surface area contributed by atoms with Crippen molar-refractivity contribution in [1.82, 2.24) is 4.98 Å². The van der Waals surface area contributed by atoms with Gasteiger partial charge < -0.3 is 10.0 Å². The number of anilines is 1. The molecule has 0 saturated heterocycles. The maximum absolute atomic E-state index is 10.7. The molecular weight excluding hydrogens is 248 g/mol. The van der Waals surface area contributed by atoms with E-state index in [1.165, 1.54) is 11.1 Å². The number of aromatic nitrogens is 1. The summed E-state index contributed by atoms with van der Waals surface area (Å²) in [4.78, 5) is 18.2. The van der Waals surface area contributed by atoms with Crippen molar-refractivity contribution in [2.24, 2.45) is 0 Å². The topological polar surface area (TPSA) is 53.4 Å². The fraction of sp³-hybridized carbons (Fsp3) is 0.231. The van der Waals surface area contributed by atoms with Crippen molar-refractivity contribution in [3.05, 3.63) is 46.3 Å². The van der Waals surface area contributed by atoms with E-state index >= 15 is 0 Å². The Morgan fingerprint density at radius 2 is 2.28 bits per heavy atom. The van der Waals surface area contributed by atoms with Crippen molar-refractivity contribution in [2.45, 2.75) is 6.42 Å². The summed E-state index contributed by atoms with van der Waals surface area (Å²) >= 11 is 1.74. The van der Waals surface area contributed by atoms with Crippen LogP contribution in [0.15, 0.2) is 35.8 Å². The first-order valence-corrected chi connectivity index (χ1v) is 6.47. The van der Waals surface area contributed by atoms with Gasteiger partial charge in [0.1, 0.15) is 5.82 Å². The van der Waals surface area contributed by atoms with Gasteiger partial charge in [0, 0.05) is 24.7 Å². The minimum absolute atomic E-state index is 0.213. The van der Waals surface area contributed by atoms with E-state index in [-0.39, 0.29) is 5.56 Å². The van der Waals surface area contributed by atoms with E-state index in [2.05, 4.69) is 16.4 Å². The van der Waals surface area contributed by atoms with E-state index in [9.17, 15) is 4.79 Å². The molecule has 94 valence electrons. The van der Waals surface area contributed by atoms with E-state index < -0.39 is 5.97 Å². The lowest BCUT2D eigenvalue weighted by molar-refractivity contribution is 0.0696. The SMILES string of the molecule is CN(CCc1cccs1)c1ccc(C(=O)O)cn1. The lowest BCUT2D eigenvalue weighted by Gasteiger charge is -2.17. The van der Waals surface area contributed by atoms with Crippen LogP contribution in [0.2, 0.25) is 0 Å². The molecular formula is C13H14N2O2S. The molecule has 1 N–H and O–H groups in total. The number of carbonyl (C=O) groups is 1. The Hall–Kier alpha value is -1.88. The molecule has 0 amide bonds. The molecule has 0 unspecified atom stereocenters. The van der Waals surface area contributed by atoms with Crippen LogP contribution < -0.4 is 4.90 Å². The Balaban J connectivity index is 1.96. The first kappa shape index (κ1) is 12.6. The molecule has 5 heteroatoms. The molecule has 18 heavy (non-hydrogen) atoms. The number of nitrogens with zero attached hydrogens (tertiary/aromatic N) is 2. The summed E-state index contributed by atoms with van der Waals surface area (Å²) in [7, 11) is 1.95. The fourth-order valence-electron chi connectivity index (χ4n) is 1.59. The summed E-state index contributed by atoms with van der Waals surface area (Å²) < 4.78 is 0. The highest BCUT2D eigenvalue weighted by Gasteiger charge is 2.06. The quantitative estimate of drug-likeness (QED) is 0.899. The summed E-state index contributed by atoms with van der Waals surface area (Å²) in [5.74, 6) is -0.160. The zero-order chi connectivity index (χ0) is 13.0. The van der Waals surface area contributed by atoms with E-state index in [4.69, 9.17) is 5.11 Å². The van der Waals surface area contributed by atoms with Gasteiger partial charge in [-0.1, -0.05) is 6.07 Å². The summed E-state index contributed by atoms with van der Waals surface area (Å²) in [6.45, 7) is 0.861. The summed E-state index contributed by atoms with van der Waals surface area (Å²) in [5, 5.41) is 10.9. The van der Waals surface area contributed by atoms with E-state index in [0.717, 1.165) is 18.8 Å². The van der Waals surface area contributed by atoms with Crippen molar-refractivity contribution in [3.63, 3.8) is 0 Å². The molecule has 4 nitrogen and oxygen atoms in total.